The van der Waals surface area contributed by atoms with Crippen LogP contribution >= 0.6 is 15.9 Å². The molecule has 0 saturated heterocycles. The van der Waals surface area contributed by atoms with E-state index in [1.54, 1.807) is 36.4 Å². The topological polar surface area (TPSA) is 49.7 Å². The Morgan fingerprint density at radius 1 is 1.06 bits per heavy atom. The van der Waals surface area contributed by atoms with Crippen LogP contribution in [0.25, 0.3) is 0 Å². The summed E-state index contributed by atoms with van der Waals surface area (Å²) in [6.07, 6.45) is 0. The SMILES string of the molecule is Oc1cccc(OCc2ccc(Br)c(O)c2)c1. The van der Waals surface area contributed by atoms with Gasteiger partial charge in [0.2, 0.25) is 0 Å². The molecule has 2 rings (SSSR count). The van der Waals surface area contributed by atoms with Crippen LogP contribution in [0.3, 0.4) is 0 Å². The van der Waals surface area contributed by atoms with Crippen LogP contribution < -0.4 is 4.74 Å². The molecule has 0 atom stereocenters. The van der Waals surface area contributed by atoms with Crippen LogP contribution in [0.4, 0.5) is 0 Å². The molecular weight excluding hydrogens is 284 g/mol. The molecule has 2 N–H and O–H groups in total. The molecule has 0 radical (unpaired) electrons. The van der Waals surface area contributed by atoms with Crippen molar-refractivity contribution in [1.29, 1.82) is 0 Å². The summed E-state index contributed by atoms with van der Waals surface area (Å²) in [6, 6.07) is 11.8. The molecule has 0 aliphatic rings. The van der Waals surface area contributed by atoms with E-state index in [-0.39, 0.29) is 11.5 Å². The lowest BCUT2D eigenvalue weighted by molar-refractivity contribution is 0.303. The Kier molecular flexibility index (Phi) is 3.54. The molecule has 2 aromatic rings. The van der Waals surface area contributed by atoms with Crippen LogP contribution in [0.5, 0.6) is 17.2 Å². The van der Waals surface area contributed by atoms with Crippen LogP contribution in [0.15, 0.2) is 46.9 Å². The quantitative estimate of drug-likeness (QED) is 0.912. The molecule has 0 bridgehead atoms. The van der Waals surface area contributed by atoms with Gasteiger partial charge >= 0.3 is 0 Å². The average molecular weight is 295 g/mol. The molecule has 0 spiro atoms. The molecule has 4 heteroatoms. The third-order valence-electron chi connectivity index (χ3n) is 2.23. The van der Waals surface area contributed by atoms with Crippen LogP contribution in [-0.4, -0.2) is 10.2 Å². The molecule has 0 fully saturated rings. The Bertz CT molecular complexity index is 526. The molecular formula is C13H11BrO3. The van der Waals surface area contributed by atoms with Gasteiger partial charge in [-0.1, -0.05) is 12.1 Å². The number of rotatable bonds is 3. The van der Waals surface area contributed by atoms with E-state index < -0.39 is 0 Å². The first-order valence-electron chi connectivity index (χ1n) is 5.04. The van der Waals surface area contributed by atoms with Crippen molar-refractivity contribution >= 4 is 15.9 Å². The van der Waals surface area contributed by atoms with Gasteiger partial charge in [0.1, 0.15) is 23.9 Å². The van der Waals surface area contributed by atoms with E-state index in [2.05, 4.69) is 15.9 Å². The number of aromatic hydroxyl groups is 2. The van der Waals surface area contributed by atoms with Crippen molar-refractivity contribution in [2.45, 2.75) is 6.61 Å². The van der Waals surface area contributed by atoms with Gasteiger partial charge in [0.05, 0.1) is 4.47 Å². The number of hydrogen-bond acceptors (Lipinski definition) is 3. The molecule has 3 nitrogen and oxygen atoms in total. The summed E-state index contributed by atoms with van der Waals surface area (Å²) in [5.74, 6) is 0.940. The molecule has 0 aliphatic carbocycles. The first-order chi connectivity index (χ1) is 8.15. The van der Waals surface area contributed by atoms with E-state index in [4.69, 9.17) is 4.74 Å². The van der Waals surface area contributed by atoms with Crippen molar-refractivity contribution in [1.82, 2.24) is 0 Å². The van der Waals surface area contributed by atoms with Crippen molar-refractivity contribution in [3.63, 3.8) is 0 Å². The molecule has 0 heterocycles. The predicted octanol–water partition coefficient (Wildman–Crippen LogP) is 3.44. The zero-order valence-corrected chi connectivity index (χ0v) is 10.5. The maximum atomic E-state index is 9.50. The second-order valence-electron chi connectivity index (χ2n) is 3.57. The van der Waals surface area contributed by atoms with E-state index in [1.807, 2.05) is 6.07 Å². The number of halogens is 1. The lowest BCUT2D eigenvalue weighted by atomic mass is 10.2. The fourth-order valence-electron chi connectivity index (χ4n) is 1.39. The second kappa shape index (κ2) is 5.10. The number of benzene rings is 2. The average Bonchev–Trinajstić information content (AvgIpc) is 2.31. The van der Waals surface area contributed by atoms with E-state index in [0.29, 0.717) is 16.8 Å². The van der Waals surface area contributed by atoms with Crippen molar-refractivity contribution in [2.24, 2.45) is 0 Å². The number of hydrogen-bond donors (Lipinski definition) is 2. The molecule has 0 aliphatic heterocycles. The third-order valence-corrected chi connectivity index (χ3v) is 2.90. The van der Waals surface area contributed by atoms with E-state index in [0.717, 1.165) is 5.56 Å². The summed E-state index contributed by atoms with van der Waals surface area (Å²) in [5, 5.41) is 18.8. The highest BCUT2D eigenvalue weighted by Crippen LogP contribution is 2.25. The molecule has 0 saturated carbocycles. The minimum Gasteiger partial charge on any atom is -0.508 e. The second-order valence-corrected chi connectivity index (χ2v) is 4.43. The van der Waals surface area contributed by atoms with E-state index in [9.17, 15) is 10.2 Å². The van der Waals surface area contributed by atoms with Crippen LogP contribution in [-0.2, 0) is 6.61 Å². The highest BCUT2D eigenvalue weighted by atomic mass is 79.9. The van der Waals surface area contributed by atoms with Gasteiger partial charge in [0, 0.05) is 6.07 Å². The van der Waals surface area contributed by atoms with Crippen LogP contribution in [0.2, 0.25) is 0 Å². The smallest absolute Gasteiger partial charge is 0.130 e. The van der Waals surface area contributed by atoms with Gasteiger partial charge in [0.15, 0.2) is 0 Å². The van der Waals surface area contributed by atoms with Gasteiger partial charge in [-0.3, -0.25) is 0 Å². The van der Waals surface area contributed by atoms with Crippen molar-refractivity contribution in [3.05, 3.63) is 52.5 Å². The molecule has 0 unspecified atom stereocenters. The summed E-state index contributed by atoms with van der Waals surface area (Å²) < 4.78 is 6.13. The van der Waals surface area contributed by atoms with Crippen molar-refractivity contribution < 1.29 is 14.9 Å². The maximum Gasteiger partial charge on any atom is 0.130 e. The summed E-state index contributed by atoms with van der Waals surface area (Å²) in [5.41, 5.74) is 0.856. The fourth-order valence-corrected chi connectivity index (χ4v) is 1.63. The Balaban J connectivity index is 2.05. The minimum absolute atomic E-state index is 0.168. The van der Waals surface area contributed by atoms with Gasteiger partial charge in [-0.25, -0.2) is 0 Å². The third kappa shape index (κ3) is 3.14. The maximum absolute atomic E-state index is 9.50. The van der Waals surface area contributed by atoms with Gasteiger partial charge in [0.25, 0.3) is 0 Å². The zero-order chi connectivity index (χ0) is 12.3. The Labute approximate surface area is 107 Å². The van der Waals surface area contributed by atoms with Crippen LogP contribution in [0, 0.1) is 0 Å². The molecule has 17 heavy (non-hydrogen) atoms. The summed E-state index contributed by atoms with van der Waals surface area (Å²) in [7, 11) is 0. The van der Waals surface area contributed by atoms with Crippen molar-refractivity contribution in [2.75, 3.05) is 0 Å². The zero-order valence-electron chi connectivity index (χ0n) is 8.93. The number of phenols is 2. The first kappa shape index (κ1) is 11.8. The normalized spacial score (nSPS) is 10.2. The fraction of sp³-hybridized carbons (Fsp3) is 0.0769. The Morgan fingerprint density at radius 2 is 1.88 bits per heavy atom. The summed E-state index contributed by atoms with van der Waals surface area (Å²) in [4.78, 5) is 0. The minimum atomic E-state index is 0.168. The molecule has 0 amide bonds. The van der Waals surface area contributed by atoms with E-state index >= 15 is 0 Å². The Hall–Kier alpha value is -1.68. The van der Waals surface area contributed by atoms with E-state index in [1.165, 1.54) is 0 Å². The van der Waals surface area contributed by atoms with Gasteiger partial charge in [-0.2, -0.15) is 0 Å². The Morgan fingerprint density at radius 3 is 2.59 bits per heavy atom. The van der Waals surface area contributed by atoms with Crippen LogP contribution in [0.1, 0.15) is 5.56 Å². The summed E-state index contributed by atoms with van der Waals surface area (Å²) in [6.45, 7) is 0.338. The highest BCUT2D eigenvalue weighted by molar-refractivity contribution is 9.10. The number of phenolic OH excluding ortho intramolecular Hbond substituents is 2. The number of ether oxygens (including phenoxy) is 1. The highest BCUT2D eigenvalue weighted by Gasteiger charge is 2.01. The molecule has 88 valence electrons. The van der Waals surface area contributed by atoms with Crippen molar-refractivity contribution in [3.8, 4) is 17.2 Å². The van der Waals surface area contributed by atoms with Gasteiger partial charge in [-0.05, 0) is 45.8 Å². The largest absolute Gasteiger partial charge is 0.508 e. The van der Waals surface area contributed by atoms with Gasteiger partial charge in [-0.15, -0.1) is 0 Å². The monoisotopic (exact) mass is 294 g/mol. The molecule has 2 aromatic carbocycles. The lowest BCUT2D eigenvalue weighted by Gasteiger charge is -2.07. The van der Waals surface area contributed by atoms with Gasteiger partial charge < -0.3 is 14.9 Å². The molecule has 0 aromatic heterocycles. The lowest BCUT2D eigenvalue weighted by Crippen LogP contribution is -1.94. The standard InChI is InChI=1S/C13H11BrO3/c14-12-5-4-9(6-13(12)16)8-17-11-3-1-2-10(15)7-11/h1-7,15-16H,8H2. The first-order valence-corrected chi connectivity index (χ1v) is 5.83. The predicted molar refractivity (Wildman–Crippen MR) is 68.2 cm³/mol. The summed E-state index contributed by atoms with van der Waals surface area (Å²) >= 11 is 3.21.